The maximum Gasteiger partial charge on any atom is 0.271 e. The van der Waals surface area contributed by atoms with Gasteiger partial charge < -0.3 is 4.57 Å². The third kappa shape index (κ3) is 3.86. The van der Waals surface area contributed by atoms with Crippen molar-refractivity contribution in [3.8, 4) is 16.8 Å². The van der Waals surface area contributed by atoms with Crippen LogP contribution in [0.1, 0.15) is 58.4 Å². The molecule has 216 valence electrons. The van der Waals surface area contributed by atoms with Crippen molar-refractivity contribution in [3.63, 3.8) is 0 Å². The Kier molecular flexibility index (Phi) is 5.66. The summed E-state index contributed by atoms with van der Waals surface area (Å²) in [5.41, 5.74) is 15.2. The molecule has 2 aliphatic rings. The molecule has 4 heteroatoms. The number of fused-ring (bicyclic) bond motifs is 7. The first-order chi connectivity index (χ1) is 21.0. The molecule has 0 aliphatic carbocycles. The van der Waals surface area contributed by atoms with Gasteiger partial charge in [0.1, 0.15) is 5.82 Å². The Morgan fingerprint density at radius 2 is 1.32 bits per heavy atom. The zero-order valence-electron chi connectivity index (χ0n) is 26.7. The van der Waals surface area contributed by atoms with E-state index in [0.717, 1.165) is 17.2 Å². The minimum atomic E-state index is 0.0159. The fraction of sp³-hybridized carbons (Fsp3) is 0.225. The third-order valence-corrected chi connectivity index (χ3v) is 9.58. The van der Waals surface area contributed by atoms with Gasteiger partial charge in [0.05, 0.1) is 5.52 Å². The van der Waals surface area contributed by atoms with Gasteiger partial charge in [0, 0.05) is 39.3 Å². The summed E-state index contributed by atoms with van der Waals surface area (Å²) in [6.45, 7) is 15.9. The van der Waals surface area contributed by atoms with E-state index in [4.69, 9.17) is 4.98 Å². The number of aryl methyl sites for hydroxylation is 1. The number of hydrogen-bond acceptors (Lipinski definition) is 2. The second-order valence-corrected chi connectivity index (χ2v) is 14.6. The van der Waals surface area contributed by atoms with Crippen LogP contribution in [0, 0.1) is 6.92 Å². The second-order valence-electron chi connectivity index (χ2n) is 14.6. The molecule has 0 atom stereocenters. The molecule has 4 aromatic carbocycles. The summed E-state index contributed by atoms with van der Waals surface area (Å²) in [5, 5.41) is 1.29. The van der Waals surface area contributed by atoms with Crippen molar-refractivity contribution in [1.29, 1.82) is 0 Å². The van der Waals surface area contributed by atoms with Gasteiger partial charge in [0.15, 0.2) is 0 Å². The largest absolute Gasteiger partial charge is 0.321 e. The monoisotopic (exact) mass is 571 g/mol. The van der Waals surface area contributed by atoms with E-state index in [1.165, 1.54) is 61.1 Å². The van der Waals surface area contributed by atoms with Crippen LogP contribution in [0.4, 0.5) is 17.2 Å². The van der Waals surface area contributed by atoms with Crippen molar-refractivity contribution in [3.05, 3.63) is 120 Å². The maximum absolute atomic E-state index is 5.35. The van der Waals surface area contributed by atoms with Crippen LogP contribution in [0.15, 0.2) is 103 Å². The average Bonchev–Trinajstić information content (AvgIpc) is 3.50. The zero-order valence-corrected chi connectivity index (χ0v) is 26.7. The topological polar surface area (TPSA) is 21.1 Å². The molecule has 0 N–H and O–H groups in total. The van der Waals surface area contributed by atoms with E-state index in [0.29, 0.717) is 0 Å². The summed E-state index contributed by atoms with van der Waals surface area (Å²) in [7, 11) is 0. The molecule has 0 spiro atoms. The van der Waals surface area contributed by atoms with Crippen LogP contribution >= 0.6 is 0 Å². The lowest BCUT2D eigenvalue weighted by Crippen LogP contribution is -2.57. The molecule has 0 bridgehead atoms. The quantitative estimate of drug-likeness (QED) is 0.195. The summed E-state index contributed by atoms with van der Waals surface area (Å²) >= 11 is 0. The van der Waals surface area contributed by atoms with Gasteiger partial charge in [0.2, 0.25) is 0 Å². The Bertz CT molecular complexity index is 2090. The van der Waals surface area contributed by atoms with Gasteiger partial charge >= 0.3 is 0 Å². The third-order valence-electron chi connectivity index (χ3n) is 9.58. The number of pyridine rings is 1. The SMILES string of the molecule is Cc1cc2c3c(n1)N(c1ccc(C(C)(C)C)cc1)c1cc(C(C)(C)C)ccc1B3c1c-2c2ccccc2n1-c1ccccc1. The maximum atomic E-state index is 5.35. The molecule has 3 nitrogen and oxygen atoms in total. The smallest absolute Gasteiger partial charge is 0.271 e. The number of hydrogen-bond donors (Lipinski definition) is 0. The first-order valence-electron chi connectivity index (χ1n) is 15.8. The molecule has 0 fully saturated rings. The fourth-order valence-corrected chi connectivity index (χ4v) is 7.37. The van der Waals surface area contributed by atoms with Gasteiger partial charge in [-0.25, -0.2) is 4.98 Å². The number of benzene rings is 4. The normalized spacial score (nSPS) is 13.7. The van der Waals surface area contributed by atoms with E-state index in [-0.39, 0.29) is 17.5 Å². The van der Waals surface area contributed by atoms with Crippen LogP contribution in [-0.4, -0.2) is 16.3 Å². The minimum absolute atomic E-state index is 0.0159. The fourth-order valence-electron chi connectivity index (χ4n) is 7.37. The van der Waals surface area contributed by atoms with Crippen molar-refractivity contribution in [1.82, 2.24) is 9.55 Å². The first-order valence-corrected chi connectivity index (χ1v) is 15.8. The molecule has 4 heterocycles. The van der Waals surface area contributed by atoms with E-state index in [1.54, 1.807) is 0 Å². The molecular formula is C40H38BN3. The molecule has 2 aromatic heterocycles. The predicted octanol–water partition coefficient (Wildman–Crippen LogP) is 8.21. The molecule has 0 unspecified atom stereocenters. The molecule has 0 amide bonds. The lowest BCUT2D eigenvalue weighted by atomic mass is 9.38. The highest BCUT2D eigenvalue weighted by atomic mass is 15.2. The lowest BCUT2D eigenvalue weighted by Gasteiger charge is -2.36. The Hall–Kier alpha value is -4.57. The molecular weight excluding hydrogens is 533 g/mol. The van der Waals surface area contributed by atoms with Crippen LogP contribution < -0.4 is 21.4 Å². The number of nitrogens with zero attached hydrogens (tertiary/aromatic N) is 3. The Morgan fingerprint density at radius 1 is 0.659 bits per heavy atom. The van der Waals surface area contributed by atoms with Gasteiger partial charge in [-0.15, -0.1) is 0 Å². The summed E-state index contributed by atoms with van der Waals surface area (Å²) < 4.78 is 2.50. The van der Waals surface area contributed by atoms with E-state index >= 15 is 0 Å². The minimum Gasteiger partial charge on any atom is -0.321 e. The molecule has 6 aromatic rings. The van der Waals surface area contributed by atoms with E-state index < -0.39 is 0 Å². The number of aromatic nitrogens is 2. The highest BCUT2D eigenvalue weighted by Gasteiger charge is 2.47. The van der Waals surface area contributed by atoms with Crippen molar-refractivity contribution >= 4 is 51.3 Å². The Labute approximate surface area is 261 Å². The van der Waals surface area contributed by atoms with Gasteiger partial charge in [-0.1, -0.05) is 102 Å². The highest BCUT2D eigenvalue weighted by Crippen LogP contribution is 2.44. The Balaban J connectivity index is 1.48. The standard InChI is InChI=1S/C40H38BN3/c1-25-23-31-35-30-15-11-12-16-33(30)43(28-13-9-8-10-14-28)37(35)41-32-22-19-27(40(5,6)7)24-34(32)44(38(42-25)36(31)41)29-20-17-26(18-21-29)39(2,3)4/h8-24H,1-7H3. The van der Waals surface area contributed by atoms with Crippen LogP contribution in [0.25, 0.3) is 27.7 Å². The summed E-state index contributed by atoms with van der Waals surface area (Å²) in [6.07, 6.45) is 0. The second kappa shape index (κ2) is 9.22. The van der Waals surface area contributed by atoms with Gasteiger partial charge in [-0.05, 0) is 87.8 Å². The van der Waals surface area contributed by atoms with Gasteiger partial charge in [0.25, 0.3) is 6.71 Å². The summed E-state index contributed by atoms with van der Waals surface area (Å²) in [5.74, 6) is 1.05. The van der Waals surface area contributed by atoms with E-state index in [1.807, 2.05) is 0 Å². The molecule has 0 saturated carbocycles. The van der Waals surface area contributed by atoms with Crippen LogP contribution in [0.3, 0.4) is 0 Å². The molecule has 44 heavy (non-hydrogen) atoms. The van der Waals surface area contributed by atoms with Crippen molar-refractivity contribution in [2.75, 3.05) is 4.90 Å². The van der Waals surface area contributed by atoms with Gasteiger partial charge in [-0.3, -0.25) is 4.90 Å². The number of para-hydroxylation sites is 2. The average molecular weight is 572 g/mol. The summed E-state index contributed by atoms with van der Waals surface area (Å²) in [4.78, 5) is 7.78. The van der Waals surface area contributed by atoms with Gasteiger partial charge in [-0.2, -0.15) is 0 Å². The number of anilines is 3. The summed E-state index contributed by atoms with van der Waals surface area (Å²) in [6, 6.07) is 38.4. The van der Waals surface area contributed by atoms with Crippen LogP contribution in [0.2, 0.25) is 0 Å². The zero-order chi connectivity index (χ0) is 30.5. The van der Waals surface area contributed by atoms with E-state index in [2.05, 4.69) is 161 Å². The predicted molar refractivity (Wildman–Crippen MR) is 188 cm³/mol. The van der Waals surface area contributed by atoms with Crippen molar-refractivity contribution in [2.45, 2.75) is 59.3 Å². The molecule has 0 saturated heterocycles. The highest BCUT2D eigenvalue weighted by molar-refractivity contribution is 7.01. The van der Waals surface area contributed by atoms with Crippen molar-refractivity contribution in [2.24, 2.45) is 0 Å². The van der Waals surface area contributed by atoms with Crippen LogP contribution in [0.5, 0.6) is 0 Å². The van der Waals surface area contributed by atoms with E-state index in [9.17, 15) is 0 Å². The number of rotatable bonds is 2. The van der Waals surface area contributed by atoms with Crippen molar-refractivity contribution < 1.29 is 0 Å². The lowest BCUT2D eigenvalue weighted by molar-refractivity contribution is 0.590. The first kappa shape index (κ1) is 27.0. The molecule has 0 radical (unpaired) electrons. The molecule has 8 rings (SSSR count). The van der Waals surface area contributed by atoms with Crippen LogP contribution in [-0.2, 0) is 10.8 Å². The molecule has 2 aliphatic heterocycles. The Morgan fingerprint density at radius 3 is 2.02 bits per heavy atom.